The summed E-state index contributed by atoms with van der Waals surface area (Å²) in [6, 6.07) is 0.547. The van der Waals surface area contributed by atoms with Gasteiger partial charge in [0.05, 0.1) is 0 Å². The molecule has 0 aromatic carbocycles. The highest BCUT2D eigenvalue weighted by molar-refractivity contribution is 6.65. The highest BCUT2D eigenvalue weighted by Gasteiger charge is 2.29. The van der Waals surface area contributed by atoms with E-state index in [1.807, 2.05) is 6.55 Å². The third-order valence-corrected chi connectivity index (χ3v) is 5.05. The van der Waals surface area contributed by atoms with Crippen molar-refractivity contribution in [2.45, 2.75) is 25.3 Å². The van der Waals surface area contributed by atoms with Crippen molar-refractivity contribution in [2.24, 2.45) is 0 Å². The van der Waals surface area contributed by atoms with Crippen molar-refractivity contribution >= 4 is 14.5 Å². The first kappa shape index (κ1) is 14.3. The highest BCUT2D eigenvalue weighted by atomic mass is 28.4. The van der Waals surface area contributed by atoms with Gasteiger partial charge in [0.1, 0.15) is 0 Å². The lowest BCUT2D eigenvalue weighted by molar-refractivity contribution is -0.161. The van der Waals surface area contributed by atoms with Crippen molar-refractivity contribution in [1.82, 2.24) is 0 Å². The zero-order chi connectivity index (χ0) is 11.9. The molecule has 0 saturated heterocycles. The first-order chi connectivity index (χ1) is 6.97. The van der Waals surface area contributed by atoms with Crippen LogP contribution in [0.15, 0.2) is 12.7 Å². The number of carbonyl (C=O) groups excluding carboxylic acids is 1. The minimum absolute atomic E-state index is 0.296. The van der Waals surface area contributed by atoms with Crippen molar-refractivity contribution in [1.29, 1.82) is 0 Å². The molecule has 6 heteroatoms. The summed E-state index contributed by atoms with van der Waals surface area (Å²) in [6.07, 6.45) is 0.170. The summed E-state index contributed by atoms with van der Waals surface area (Å²) < 4.78 is 15.0. The van der Waals surface area contributed by atoms with Gasteiger partial charge < -0.3 is 18.7 Å². The molecule has 0 fully saturated rings. The Morgan fingerprint density at radius 2 is 2.07 bits per heavy atom. The lowest BCUT2D eigenvalue weighted by atomic mass is 10.5. The predicted molar refractivity (Wildman–Crippen MR) is 57.4 cm³/mol. The number of esters is 1. The summed E-state index contributed by atoms with van der Waals surface area (Å²) >= 11 is 0. The van der Waals surface area contributed by atoms with Gasteiger partial charge in [0.25, 0.3) is 0 Å². The molecule has 0 bridgehead atoms. The van der Waals surface area contributed by atoms with E-state index >= 15 is 0 Å². The molecule has 0 rings (SSSR count). The quantitative estimate of drug-likeness (QED) is 0.305. The molecule has 15 heavy (non-hydrogen) atoms. The van der Waals surface area contributed by atoms with E-state index in [0.717, 1.165) is 6.08 Å². The minimum atomic E-state index is -2.20. The Morgan fingerprint density at radius 1 is 1.53 bits per heavy atom. The van der Waals surface area contributed by atoms with Gasteiger partial charge in [-0.3, -0.25) is 0 Å². The minimum Gasteiger partial charge on any atom is -0.433 e. The van der Waals surface area contributed by atoms with E-state index in [2.05, 4.69) is 11.3 Å². The number of hydrogen-bond donors (Lipinski definition) is 1. The van der Waals surface area contributed by atoms with E-state index in [4.69, 9.17) is 8.85 Å². The second-order valence-electron chi connectivity index (χ2n) is 3.18. The summed E-state index contributed by atoms with van der Waals surface area (Å²) in [7, 11) is 0.936. The molecule has 0 heterocycles. The molecule has 0 saturated carbocycles. The normalized spacial score (nSPS) is 13.3. The molecule has 1 unspecified atom stereocenters. The average molecular weight is 234 g/mol. The van der Waals surface area contributed by atoms with Crippen LogP contribution in [0.1, 0.15) is 6.42 Å². The van der Waals surface area contributed by atoms with Gasteiger partial charge in [0.2, 0.25) is 6.29 Å². The molecule has 0 spiro atoms. The van der Waals surface area contributed by atoms with Crippen molar-refractivity contribution in [3.05, 3.63) is 12.7 Å². The van der Waals surface area contributed by atoms with Crippen LogP contribution in [-0.4, -0.2) is 40.1 Å². The number of aliphatic hydroxyl groups excluding tert-OH is 1. The number of carbonyl (C=O) groups is 1. The van der Waals surface area contributed by atoms with Crippen molar-refractivity contribution in [3.8, 4) is 0 Å². The first-order valence-electron chi connectivity index (χ1n) is 4.59. The first-order valence-corrected chi connectivity index (χ1v) is 7.11. The van der Waals surface area contributed by atoms with E-state index in [0.29, 0.717) is 12.5 Å². The lowest BCUT2D eigenvalue weighted by Crippen LogP contribution is -2.37. The Bertz CT molecular complexity index is 215. The SMILES string of the molecule is C=CC(=O)OC(O)CC[Si](C)(OC)OC. The summed E-state index contributed by atoms with van der Waals surface area (Å²) in [5, 5.41) is 9.33. The summed E-state index contributed by atoms with van der Waals surface area (Å²) in [4.78, 5) is 10.7. The monoisotopic (exact) mass is 234 g/mol. The van der Waals surface area contributed by atoms with Crippen LogP contribution in [0.2, 0.25) is 12.6 Å². The predicted octanol–water partition coefficient (Wildman–Crippen LogP) is 0.789. The molecule has 0 amide bonds. The Balaban J connectivity index is 3.93. The van der Waals surface area contributed by atoms with Crippen LogP contribution in [0, 0.1) is 0 Å². The van der Waals surface area contributed by atoms with E-state index in [1.54, 1.807) is 14.2 Å². The Labute approximate surface area is 90.9 Å². The maximum absolute atomic E-state index is 10.7. The zero-order valence-corrected chi connectivity index (χ0v) is 10.4. The standard InChI is InChI=1S/C9H18O5Si/c1-5-8(10)14-9(11)6-7-15(4,12-2)13-3/h5,9,11H,1,6-7H2,2-4H3. The van der Waals surface area contributed by atoms with Crippen LogP contribution in [0.4, 0.5) is 0 Å². The molecule has 1 atom stereocenters. The molecular formula is C9H18O5Si. The second kappa shape index (κ2) is 6.73. The lowest BCUT2D eigenvalue weighted by Gasteiger charge is -2.23. The molecule has 0 radical (unpaired) electrons. The van der Waals surface area contributed by atoms with Crippen LogP contribution in [-0.2, 0) is 18.4 Å². The number of ether oxygens (including phenoxy) is 1. The maximum Gasteiger partial charge on any atom is 0.334 e. The van der Waals surface area contributed by atoms with Gasteiger partial charge in [0, 0.05) is 26.7 Å². The molecule has 0 aliphatic heterocycles. The molecule has 0 aliphatic rings. The van der Waals surface area contributed by atoms with Crippen LogP contribution in [0.3, 0.4) is 0 Å². The fourth-order valence-corrected chi connectivity index (χ4v) is 2.26. The molecular weight excluding hydrogens is 216 g/mol. The second-order valence-corrected chi connectivity index (χ2v) is 6.76. The van der Waals surface area contributed by atoms with Gasteiger partial charge in [0.15, 0.2) is 0 Å². The van der Waals surface area contributed by atoms with E-state index < -0.39 is 20.8 Å². The third kappa shape index (κ3) is 5.68. The van der Waals surface area contributed by atoms with Gasteiger partial charge in [-0.05, 0) is 12.6 Å². The van der Waals surface area contributed by atoms with Crippen LogP contribution in [0.5, 0.6) is 0 Å². The van der Waals surface area contributed by atoms with Gasteiger partial charge >= 0.3 is 14.5 Å². The summed E-state index contributed by atoms with van der Waals surface area (Å²) in [5.74, 6) is -0.638. The number of hydrogen-bond acceptors (Lipinski definition) is 5. The zero-order valence-electron chi connectivity index (χ0n) is 9.36. The topological polar surface area (TPSA) is 65.0 Å². The van der Waals surface area contributed by atoms with Gasteiger partial charge in [-0.2, -0.15) is 0 Å². The Hall–Kier alpha value is -0.693. The molecule has 0 aromatic rings. The fraction of sp³-hybridized carbons (Fsp3) is 0.667. The van der Waals surface area contributed by atoms with Crippen LogP contribution >= 0.6 is 0 Å². The smallest absolute Gasteiger partial charge is 0.334 e. The van der Waals surface area contributed by atoms with E-state index in [-0.39, 0.29) is 0 Å². The number of rotatable bonds is 7. The van der Waals surface area contributed by atoms with Gasteiger partial charge in [-0.25, -0.2) is 4.79 Å². The Morgan fingerprint density at radius 3 is 2.47 bits per heavy atom. The van der Waals surface area contributed by atoms with Crippen molar-refractivity contribution in [3.63, 3.8) is 0 Å². The summed E-state index contributed by atoms with van der Waals surface area (Å²) in [6.45, 7) is 5.10. The van der Waals surface area contributed by atoms with Crippen LogP contribution in [0.25, 0.3) is 0 Å². The maximum atomic E-state index is 10.7. The largest absolute Gasteiger partial charge is 0.433 e. The molecule has 5 nitrogen and oxygen atoms in total. The fourth-order valence-electron chi connectivity index (χ4n) is 0.914. The van der Waals surface area contributed by atoms with E-state index in [9.17, 15) is 9.90 Å². The molecule has 0 aromatic heterocycles. The van der Waals surface area contributed by atoms with E-state index in [1.165, 1.54) is 0 Å². The van der Waals surface area contributed by atoms with Crippen molar-refractivity contribution in [2.75, 3.05) is 14.2 Å². The van der Waals surface area contributed by atoms with Crippen LogP contribution < -0.4 is 0 Å². The highest BCUT2D eigenvalue weighted by Crippen LogP contribution is 2.15. The van der Waals surface area contributed by atoms with Gasteiger partial charge in [-0.1, -0.05) is 6.58 Å². The third-order valence-electron chi connectivity index (χ3n) is 2.13. The average Bonchev–Trinajstić information content (AvgIpc) is 2.25. The Kier molecular flexibility index (Phi) is 6.42. The summed E-state index contributed by atoms with van der Waals surface area (Å²) in [5.41, 5.74) is 0. The number of aliphatic hydroxyl groups is 1. The molecule has 1 N–H and O–H groups in total. The molecule has 88 valence electrons. The van der Waals surface area contributed by atoms with Gasteiger partial charge in [-0.15, -0.1) is 0 Å². The van der Waals surface area contributed by atoms with Crippen molar-refractivity contribution < 1.29 is 23.5 Å². The molecule has 0 aliphatic carbocycles.